The van der Waals surface area contributed by atoms with E-state index in [-0.39, 0.29) is 23.7 Å². The van der Waals surface area contributed by atoms with Gasteiger partial charge in [-0.2, -0.15) is 0 Å². The highest BCUT2D eigenvalue weighted by Crippen LogP contribution is 2.19. The minimum Gasteiger partial charge on any atom is -0.299 e. The molecule has 3 heteroatoms. The number of Topliss-reactive ketones (excluding diaryl/α,β-unsaturated/α-hetero) is 1. The summed E-state index contributed by atoms with van der Waals surface area (Å²) in [6, 6.07) is 12.4. The lowest BCUT2D eigenvalue weighted by molar-refractivity contribution is -0.119. The Balaban J connectivity index is 2.15. The zero-order valence-electron chi connectivity index (χ0n) is 10.6. The second-order valence-corrected chi connectivity index (χ2v) is 4.51. The predicted molar refractivity (Wildman–Crippen MR) is 69.9 cm³/mol. The van der Waals surface area contributed by atoms with E-state index in [1.54, 1.807) is 6.92 Å². The second kappa shape index (κ2) is 5.74. The Hall–Kier alpha value is -2.03. The van der Waals surface area contributed by atoms with E-state index in [1.165, 1.54) is 0 Å². The van der Waals surface area contributed by atoms with Crippen molar-refractivity contribution in [2.75, 3.05) is 0 Å². The monoisotopic (exact) mass is 260 g/mol. The van der Waals surface area contributed by atoms with Crippen molar-refractivity contribution < 1.29 is 13.6 Å². The fourth-order valence-electron chi connectivity index (χ4n) is 1.95. The van der Waals surface area contributed by atoms with Crippen molar-refractivity contribution in [2.45, 2.75) is 19.3 Å². The highest BCUT2D eigenvalue weighted by atomic mass is 19.1. The van der Waals surface area contributed by atoms with Gasteiger partial charge in [0.15, 0.2) is 0 Å². The lowest BCUT2D eigenvalue weighted by Crippen LogP contribution is -2.13. The Morgan fingerprint density at radius 3 is 2.47 bits per heavy atom. The number of hydrogen-bond acceptors (Lipinski definition) is 1. The van der Waals surface area contributed by atoms with Gasteiger partial charge in [0.2, 0.25) is 0 Å². The van der Waals surface area contributed by atoms with Crippen molar-refractivity contribution in [1.29, 1.82) is 0 Å². The molecule has 0 aliphatic rings. The maximum Gasteiger partial charge on any atom is 0.144 e. The molecule has 0 bridgehead atoms. The third kappa shape index (κ3) is 3.25. The van der Waals surface area contributed by atoms with Gasteiger partial charge in [-0.1, -0.05) is 37.3 Å². The first-order valence-corrected chi connectivity index (χ1v) is 6.09. The zero-order valence-corrected chi connectivity index (χ0v) is 10.6. The zero-order chi connectivity index (χ0) is 13.8. The number of benzene rings is 2. The van der Waals surface area contributed by atoms with Crippen LogP contribution < -0.4 is 0 Å². The van der Waals surface area contributed by atoms with E-state index in [9.17, 15) is 13.6 Å². The molecular weight excluding hydrogens is 246 g/mol. The number of rotatable bonds is 4. The largest absolute Gasteiger partial charge is 0.299 e. The highest BCUT2D eigenvalue weighted by Gasteiger charge is 2.17. The molecule has 0 aliphatic carbocycles. The predicted octanol–water partition coefficient (Wildman–Crippen LogP) is 3.88. The fourth-order valence-corrected chi connectivity index (χ4v) is 1.95. The summed E-state index contributed by atoms with van der Waals surface area (Å²) < 4.78 is 26.5. The van der Waals surface area contributed by atoms with Crippen LogP contribution in [0.4, 0.5) is 8.78 Å². The van der Waals surface area contributed by atoms with Gasteiger partial charge in [-0.25, -0.2) is 8.78 Å². The first kappa shape index (κ1) is 13.4. The standard InChI is InChI=1S/C16H14F2O/c1-11(12-5-3-2-4-6-12)16(19)10-13-9-14(17)7-8-15(13)18/h2-9,11H,10H2,1H3. The van der Waals surface area contributed by atoms with Crippen LogP contribution in [0.1, 0.15) is 24.0 Å². The van der Waals surface area contributed by atoms with Gasteiger partial charge in [-0.3, -0.25) is 4.79 Å². The summed E-state index contributed by atoms with van der Waals surface area (Å²) in [5, 5.41) is 0. The van der Waals surface area contributed by atoms with E-state index >= 15 is 0 Å². The van der Waals surface area contributed by atoms with Crippen molar-refractivity contribution in [1.82, 2.24) is 0 Å². The molecule has 0 fully saturated rings. The van der Waals surface area contributed by atoms with Gasteiger partial charge in [-0.05, 0) is 29.3 Å². The van der Waals surface area contributed by atoms with E-state index in [1.807, 2.05) is 30.3 Å². The summed E-state index contributed by atoms with van der Waals surface area (Å²) in [4.78, 5) is 12.1. The van der Waals surface area contributed by atoms with E-state index in [2.05, 4.69) is 0 Å². The Labute approximate surface area is 110 Å². The van der Waals surface area contributed by atoms with Crippen LogP contribution in [0.3, 0.4) is 0 Å². The summed E-state index contributed by atoms with van der Waals surface area (Å²) in [5.74, 6) is -1.54. The second-order valence-electron chi connectivity index (χ2n) is 4.51. The van der Waals surface area contributed by atoms with Crippen molar-refractivity contribution in [3.05, 3.63) is 71.3 Å². The van der Waals surface area contributed by atoms with Crippen LogP contribution >= 0.6 is 0 Å². The van der Waals surface area contributed by atoms with Gasteiger partial charge in [0, 0.05) is 12.3 Å². The van der Waals surface area contributed by atoms with Crippen molar-refractivity contribution in [2.24, 2.45) is 0 Å². The molecule has 1 nitrogen and oxygen atoms in total. The molecule has 0 heterocycles. The maximum atomic E-state index is 13.5. The van der Waals surface area contributed by atoms with Gasteiger partial charge in [0.1, 0.15) is 17.4 Å². The van der Waals surface area contributed by atoms with Crippen LogP contribution in [0, 0.1) is 11.6 Å². The first-order valence-electron chi connectivity index (χ1n) is 6.09. The van der Waals surface area contributed by atoms with E-state index in [0.717, 1.165) is 23.8 Å². The van der Waals surface area contributed by atoms with Crippen molar-refractivity contribution in [3.8, 4) is 0 Å². The van der Waals surface area contributed by atoms with Crippen molar-refractivity contribution >= 4 is 5.78 Å². The SMILES string of the molecule is CC(C(=O)Cc1cc(F)ccc1F)c1ccccc1. The van der Waals surface area contributed by atoms with Crippen molar-refractivity contribution in [3.63, 3.8) is 0 Å². The summed E-state index contributed by atoms with van der Waals surface area (Å²) in [6.45, 7) is 1.77. The lowest BCUT2D eigenvalue weighted by atomic mass is 9.92. The number of halogens is 2. The Bertz CT molecular complexity index is 579. The molecule has 2 aromatic carbocycles. The summed E-state index contributed by atoms with van der Waals surface area (Å²) in [6.07, 6.45) is -0.0976. The average Bonchev–Trinajstić information content (AvgIpc) is 2.43. The van der Waals surface area contributed by atoms with Gasteiger partial charge in [-0.15, -0.1) is 0 Å². The number of carbonyl (C=O) groups excluding carboxylic acids is 1. The minimum absolute atomic E-state index is 0.0976. The van der Waals surface area contributed by atoms with E-state index in [0.29, 0.717) is 0 Å². The van der Waals surface area contributed by atoms with Crippen LogP contribution in [0.25, 0.3) is 0 Å². The quantitative estimate of drug-likeness (QED) is 0.815. The topological polar surface area (TPSA) is 17.1 Å². The minimum atomic E-state index is -0.546. The number of hydrogen-bond donors (Lipinski definition) is 0. The van der Waals surface area contributed by atoms with Crippen LogP contribution in [0.15, 0.2) is 48.5 Å². The molecule has 0 saturated heterocycles. The molecule has 0 radical (unpaired) electrons. The molecule has 0 aromatic heterocycles. The normalized spacial score (nSPS) is 12.2. The molecular formula is C16H14F2O. The molecule has 2 rings (SSSR count). The average molecular weight is 260 g/mol. The van der Waals surface area contributed by atoms with Crippen LogP contribution in [0.5, 0.6) is 0 Å². The summed E-state index contributed by atoms with van der Waals surface area (Å²) >= 11 is 0. The fraction of sp³-hybridized carbons (Fsp3) is 0.188. The molecule has 0 spiro atoms. The van der Waals surface area contributed by atoms with E-state index in [4.69, 9.17) is 0 Å². The Kier molecular flexibility index (Phi) is 4.05. The molecule has 98 valence electrons. The number of ketones is 1. The maximum absolute atomic E-state index is 13.5. The third-order valence-corrected chi connectivity index (χ3v) is 3.15. The van der Waals surface area contributed by atoms with E-state index < -0.39 is 11.6 Å². The molecule has 0 saturated carbocycles. The molecule has 1 atom stereocenters. The molecule has 0 aliphatic heterocycles. The van der Waals surface area contributed by atoms with Crippen LogP contribution in [0.2, 0.25) is 0 Å². The molecule has 2 aromatic rings. The van der Waals surface area contributed by atoms with Gasteiger partial charge >= 0.3 is 0 Å². The summed E-state index contributed by atoms with van der Waals surface area (Å²) in [5.41, 5.74) is 0.983. The highest BCUT2D eigenvalue weighted by molar-refractivity contribution is 5.87. The Morgan fingerprint density at radius 2 is 1.79 bits per heavy atom. The molecule has 19 heavy (non-hydrogen) atoms. The lowest BCUT2D eigenvalue weighted by Gasteiger charge is -2.11. The van der Waals surface area contributed by atoms with Crippen LogP contribution in [-0.4, -0.2) is 5.78 Å². The van der Waals surface area contributed by atoms with Gasteiger partial charge in [0.05, 0.1) is 0 Å². The smallest absolute Gasteiger partial charge is 0.144 e. The van der Waals surface area contributed by atoms with Gasteiger partial charge < -0.3 is 0 Å². The molecule has 0 N–H and O–H groups in total. The molecule has 0 amide bonds. The first-order chi connectivity index (χ1) is 9.08. The third-order valence-electron chi connectivity index (χ3n) is 3.15. The van der Waals surface area contributed by atoms with Crippen LogP contribution in [-0.2, 0) is 11.2 Å². The summed E-state index contributed by atoms with van der Waals surface area (Å²) in [7, 11) is 0. The molecule has 1 unspecified atom stereocenters. The Morgan fingerprint density at radius 1 is 1.11 bits per heavy atom. The number of carbonyl (C=O) groups is 1. The van der Waals surface area contributed by atoms with Gasteiger partial charge in [0.25, 0.3) is 0 Å².